The smallest absolute Gasteiger partial charge is 0.272 e. The quantitative estimate of drug-likeness (QED) is 0.0744. The highest BCUT2D eigenvalue weighted by molar-refractivity contribution is 8.00. The van der Waals surface area contributed by atoms with Crippen molar-refractivity contribution in [3.8, 4) is 28.5 Å². The fraction of sp³-hybridized carbons (Fsp3) is 0.0952. The minimum Gasteiger partial charge on any atom is -0.497 e. The predicted molar refractivity (Wildman–Crippen MR) is 214 cm³/mol. The lowest BCUT2D eigenvalue weighted by Crippen LogP contribution is -2.30. The lowest BCUT2D eigenvalue weighted by Gasteiger charge is -2.17. The largest absolute Gasteiger partial charge is 0.497 e. The van der Waals surface area contributed by atoms with Gasteiger partial charge in [0, 0.05) is 38.7 Å². The van der Waals surface area contributed by atoms with Gasteiger partial charge in [-0.2, -0.15) is 0 Å². The highest BCUT2D eigenvalue weighted by Crippen LogP contribution is 2.37. The molecule has 6 rings (SSSR count). The summed E-state index contributed by atoms with van der Waals surface area (Å²) in [6.45, 7) is 0. The van der Waals surface area contributed by atoms with Crippen LogP contribution in [0.4, 0.5) is 10.8 Å². The van der Waals surface area contributed by atoms with Crippen molar-refractivity contribution < 1.29 is 28.6 Å². The Morgan fingerprint density at radius 2 is 1.41 bits per heavy atom. The first-order valence-electron chi connectivity index (χ1n) is 16.7. The van der Waals surface area contributed by atoms with Gasteiger partial charge in [0.25, 0.3) is 11.8 Å². The van der Waals surface area contributed by atoms with Crippen molar-refractivity contribution in [1.29, 1.82) is 0 Å². The van der Waals surface area contributed by atoms with Gasteiger partial charge in [0.05, 0.1) is 27.0 Å². The van der Waals surface area contributed by atoms with Crippen LogP contribution < -0.4 is 30.2 Å². The molecule has 3 N–H and O–H groups in total. The third-order valence-corrected chi connectivity index (χ3v) is 10.1. The van der Waals surface area contributed by atoms with Crippen LogP contribution in [0.1, 0.15) is 26.7 Å². The number of benzene rings is 5. The van der Waals surface area contributed by atoms with Crippen LogP contribution in [-0.4, -0.2) is 44.0 Å². The molecule has 0 spiro atoms. The van der Waals surface area contributed by atoms with Gasteiger partial charge < -0.3 is 30.2 Å². The van der Waals surface area contributed by atoms with Crippen molar-refractivity contribution in [3.63, 3.8) is 0 Å². The summed E-state index contributed by atoms with van der Waals surface area (Å²) in [5, 5.41) is 10.4. The molecular formula is C42H36N4O6S2. The molecule has 1 aromatic heterocycles. The van der Waals surface area contributed by atoms with Crippen LogP contribution in [0.15, 0.2) is 143 Å². The third kappa shape index (κ3) is 9.54. The van der Waals surface area contributed by atoms with E-state index in [1.807, 2.05) is 72.1 Å². The number of thiazole rings is 1. The molecule has 1 atom stereocenters. The maximum absolute atomic E-state index is 13.8. The summed E-state index contributed by atoms with van der Waals surface area (Å²) in [6.07, 6.45) is 1.55. The average molecular weight is 757 g/mol. The molecule has 272 valence electrons. The van der Waals surface area contributed by atoms with Crippen molar-refractivity contribution >= 4 is 57.7 Å². The number of carbonyl (C=O) groups excluding carboxylic acids is 3. The normalized spacial score (nSPS) is 11.6. The van der Waals surface area contributed by atoms with Crippen molar-refractivity contribution in [1.82, 2.24) is 10.3 Å². The standard InChI is InChI=1S/C42H36N4O6S2/c1-50-32-19-14-27(15-20-32)36-26-53-42(45-36)46-41(49)38(28-10-6-4-7-11-28)54-34-22-17-31(18-23-34)43-40(48)35(44-39(47)29-12-8-5-9-13-29)24-30-16-21-33(51-2)25-37(30)52-3/h4-26,38H,1-3H3,(H,43,48)(H,44,47)(H,45,46,49)/b35-24-. The summed E-state index contributed by atoms with van der Waals surface area (Å²) in [7, 11) is 4.68. The summed E-state index contributed by atoms with van der Waals surface area (Å²) in [6, 6.07) is 38.0. The molecule has 0 aliphatic rings. The Bertz CT molecular complexity index is 2240. The molecule has 1 unspecified atom stereocenters. The Balaban J connectivity index is 1.18. The molecule has 10 nitrogen and oxygen atoms in total. The van der Waals surface area contributed by atoms with Crippen LogP contribution >= 0.6 is 23.1 Å². The minimum absolute atomic E-state index is 0.00363. The van der Waals surface area contributed by atoms with Crippen LogP contribution in [0.25, 0.3) is 17.3 Å². The lowest BCUT2D eigenvalue weighted by atomic mass is 10.1. The van der Waals surface area contributed by atoms with E-state index in [0.717, 1.165) is 27.5 Å². The van der Waals surface area contributed by atoms with E-state index in [2.05, 4.69) is 20.9 Å². The highest BCUT2D eigenvalue weighted by Gasteiger charge is 2.24. The number of amides is 3. The summed E-state index contributed by atoms with van der Waals surface area (Å²) in [4.78, 5) is 46.1. The number of aromatic nitrogens is 1. The first-order valence-corrected chi connectivity index (χ1v) is 18.4. The predicted octanol–water partition coefficient (Wildman–Crippen LogP) is 8.72. The summed E-state index contributed by atoms with van der Waals surface area (Å²) in [5.74, 6) is 0.569. The Hall–Kier alpha value is -6.37. The number of methoxy groups -OCH3 is 3. The molecule has 12 heteroatoms. The molecular weight excluding hydrogens is 721 g/mol. The summed E-state index contributed by atoms with van der Waals surface area (Å²) < 4.78 is 16.1. The molecule has 54 heavy (non-hydrogen) atoms. The van der Waals surface area contributed by atoms with Crippen LogP contribution in [0.5, 0.6) is 17.2 Å². The zero-order valence-corrected chi connectivity index (χ0v) is 31.2. The average Bonchev–Trinajstić information content (AvgIpc) is 3.69. The van der Waals surface area contributed by atoms with E-state index in [-0.39, 0.29) is 11.6 Å². The fourth-order valence-electron chi connectivity index (χ4n) is 5.28. The molecule has 1 heterocycles. The van der Waals surface area contributed by atoms with Crippen LogP contribution in [-0.2, 0) is 9.59 Å². The van der Waals surface area contributed by atoms with Gasteiger partial charge in [0.2, 0.25) is 5.91 Å². The van der Waals surface area contributed by atoms with E-state index in [4.69, 9.17) is 14.2 Å². The molecule has 0 saturated carbocycles. The first-order chi connectivity index (χ1) is 26.3. The second kappa shape index (κ2) is 17.9. The second-order valence-electron chi connectivity index (χ2n) is 11.6. The molecule has 6 aromatic rings. The number of nitrogens with one attached hydrogen (secondary N) is 3. The highest BCUT2D eigenvalue weighted by atomic mass is 32.2. The summed E-state index contributed by atoms with van der Waals surface area (Å²) >= 11 is 2.72. The second-order valence-corrected chi connectivity index (χ2v) is 13.7. The Labute approximate surface area is 321 Å². The minimum atomic E-state index is -0.595. The fourth-order valence-corrected chi connectivity index (χ4v) is 7.03. The Morgan fingerprint density at radius 1 is 0.741 bits per heavy atom. The van der Waals surface area contributed by atoms with Gasteiger partial charge in [0.15, 0.2) is 5.13 Å². The molecule has 0 fully saturated rings. The van der Waals surface area contributed by atoms with E-state index < -0.39 is 17.1 Å². The van der Waals surface area contributed by atoms with E-state index in [1.165, 1.54) is 30.2 Å². The molecule has 5 aromatic carbocycles. The molecule has 0 radical (unpaired) electrons. The number of hydrogen-bond donors (Lipinski definition) is 3. The Kier molecular flexibility index (Phi) is 12.4. The van der Waals surface area contributed by atoms with Gasteiger partial charge in [0.1, 0.15) is 28.2 Å². The van der Waals surface area contributed by atoms with Crippen LogP contribution in [0.3, 0.4) is 0 Å². The number of ether oxygens (including phenoxy) is 3. The number of nitrogens with zero attached hydrogens (tertiary/aromatic N) is 1. The van der Waals surface area contributed by atoms with Gasteiger partial charge >= 0.3 is 0 Å². The molecule has 3 amide bonds. The van der Waals surface area contributed by atoms with E-state index in [9.17, 15) is 14.4 Å². The van der Waals surface area contributed by atoms with Gasteiger partial charge in [-0.25, -0.2) is 4.98 Å². The zero-order valence-electron chi connectivity index (χ0n) is 29.6. The van der Waals surface area contributed by atoms with Gasteiger partial charge in [-0.1, -0.05) is 48.5 Å². The molecule has 0 aliphatic carbocycles. The summed E-state index contributed by atoms with van der Waals surface area (Å²) in [5.41, 5.74) is 3.93. The first kappa shape index (κ1) is 37.4. The topological polar surface area (TPSA) is 128 Å². The number of rotatable bonds is 14. The maximum Gasteiger partial charge on any atom is 0.272 e. The van der Waals surface area contributed by atoms with Crippen LogP contribution in [0, 0.1) is 0 Å². The van der Waals surface area contributed by atoms with Gasteiger partial charge in [-0.15, -0.1) is 23.1 Å². The lowest BCUT2D eigenvalue weighted by molar-refractivity contribution is -0.116. The molecule has 0 saturated heterocycles. The van der Waals surface area contributed by atoms with E-state index >= 15 is 0 Å². The van der Waals surface area contributed by atoms with Gasteiger partial charge in [-0.05, 0) is 84.4 Å². The number of anilines is 2. The maximum atomic E-state index is 13.8. The monoisotopic (exact) mass is 756 g/mol. The van der Waals surface area contributed by atoms with E-state index in [0.29, 0.717) is 33.4 Å². The Morgan fingerprint density at radius 3 is 2.07 bits per heavy atom. The zero-order chi connectivity index (χ0) is 37.9. The van der Waals surface area contributed by atoms with Crippen molar-refractivity contribution in [3.05, 3.63) is 155 Å². The van der Waals surface area contributed by atoms with Crippen molar-refractivity contribution in [2.45, 2.75) is 10.1 Å². The van der Waals surface area contributed by atoms with Gasteiger partial charge in [-0.3, -0.25) is 14.4 Å². The third-order valence-electron chi connectivity index (χ3n) is 8.10. The van der Waals surface area contributed by atoms with Crippen LogP contribution in [0.2, 0.25) is 0 Å². The number of thioether (sulfide) groups is 1. The van der Waals surface area contributed by atoms with E-state index in [1.54, 1.807) is 81.0 Å². The van der Waals surface area contributed by atoms with Crippen molar-refractivity contribution in [2.75, 3.05) is 32.0 Å². The number of hydrogen-bond acceptors (Lipinski definition) is 9. The van der Waals surface area contributed by atoms with Crippen molar-refractivity contribution in [2.24, 2.45) is 0 Å². The molecule has 0 aliphatic heterocycles. The number of carbonyl (C=O) groups is 3. The SMILES string of the molecule is COc1ccc(-c2csc(NC(=O)C(Sc3ccc(NC(=O)/C(=C/c4ccc(OC)cc4OC)NC(=O)c4ccccc4)cc3)c3ccccc3)n2)cc1. The molecule has 0 bridgehead atoms.